The third-order valence-corrected chi connectivity index (χ3v) is 8.07. The summed E-state index contributed by atoms with van der Waals surface area (Å²) in [5.74, 6) is 0.484. The Balaban J connectivity index is 2.03. The van der Waals surface area contributed by atoms with Crippen LogP contribution in [0.25, 0.3) is 0 Å². The highest BCUT2D eigenvalue weighted by Gasteiger charge is 2.36. The van der Waals surface area contributed by atoms with Gasteiger partial charge in [-0.05, 0) is 62.6 Å². The van der Waals surface area contributed by atoms with Gasteiger partial charge in [0.15, 0.2) is 0 Å². The second-order valence-corrected chi connectivity index (χ2v) is 11.2. The van der Waals surface area contributed by atoms with E-state index in [4.69, 9.17) is 17.3 Å². The van der Waals surface area contributed by atoms with Crippen LogP contribution in [0.1, 0.15) is 31.4 Å². The lowest BCUT2D eigenvalue weighted by atomic mass is 9.96. The monoisotopic (exact) mass is 478 g/mol. The average Bonchev–Trinajstić information content (AvgIpc) is 2.64. The summed E-state index contributed by atoms with van der Waals surface area (Å²) < 4.78 is 67.2. The van der Waals surface area contributed by atoms with Gasteiger partial charge in [0.05, 0.1) is 16.3 Å². The van der Waals surface area contributed by atoms with Crippen LogP contribution < -0.4 is 10.0 Å². The van der Waals surface area contributed by atoms with Gasteiger partial charge < -0.3 is 5.73 Å². The molecule has 3 rings (SSSR count). The summed E-state index contributed by atoms with van der Waals surface area (Å²) in [5.41, 5.74) is 5.97. The first kappa shape index (κ1) is 23.2. The Labute approximate surface area is 183 Å². The number of aryl methyl sites for hydroxylation is 1. The van der Waals surface area contributed by atoms with Crippen LogP contribution in [0.4, 0.5) is 18.9 Å². The van der Waals surface area contributed by atoms with Gasteiger partial charge in [0.2, 0.25) is 0 Å². The Morgan fingerprint density at radius 2 is 1.87 bits per heavy atom. The molecule has 30 heavy (non-hydrogen) atoms. The Hall–Kier alpha value is -1.42. The Morgan fingerprint density at radius 3 is 2.50 bits per heavy atom. The van der Waals surface area contributed by atoms with E-state index in [2.05, 4.69) is 0 Å². The van der Waals surface area contributed by atoms with Crippen LogP contribution >= 0.6 is 23.4 Å². The van der Waals surface area contributed by atoms with Gasteiger partial charge in [0, 0.05) is 22.7 Å². The first-order chi connectivity index (χ1) is 13.8. The van der Waals surface area contributed by atoms with Crippen molar-refractivity contribution in [3.05, 3.63) is 52.5 Å². The molecule has 1 aliphatic heterocycles. The first-order valence-corrected chi connectivity index (χ1v) is 12.0. The average molecular weight is 479 g/mol. The number of hydrogen-bond donors (Lipinski definition) is 1. The Kier molecular flexibility index (Phi) is 6.40. The summed E-state index contributed by atoms with van der Waals surface area (Å²) >= 11 is 7.52. The highest BCUT2D eigenvalue weighted by molar-refractivity contribution is 8.00. The summed E-state index contributed by atoms with van der Waals surface area (Å²) in [7, 11) is -4.29. The van der Waals surface area contributed by atoms with Crippen molar-refractivity contribution in [3.63, 3.8) is 0 Å². The van der Waals surface area contributed by atoms with Crippen LogP contribution in [0.3, 0.4) is 0 Å². The van der Waals surface area contributed by atoms with E-state index in [0.717, 1.165) is 26.9 Å². The van der Waals surface area contributed by atoms with E-state index in [1.54, 1.807) is 6.07 Å². The molecular formula is C20H22ClF3N2O2S2. The molecule has 0 unspecified atom stereocenters. The summed E-state index contributed by atoms with van der Waals surface area (Å²) in [6.45, 7) is 3.96. The van der Waals surface area contributed by atoms with Gasteiger partial charge in [-0.3, -0.25) is 4.31 Å². The quantitative estimate of drug-likeness (QED) is 0.631. The summed E-state index contributed by atoms with van der Waals surface area (Å²) in [4.78, 5) is 0.203. The standard InChI is InChI=1S/C20H22ClF3N2O2S2/c1-19(2,25)8-7-13-3-6-17-16(11-13)26(9-10-29-17)30(27,28)18-12-14(20(22,23)24)4-5-15(18)21/h3-6,11-12H,7-10,25H2,1-2H3. The van der Waals surface area contributed by atoms with Crippen molar-refractivity contribution in [2.75, 3.05) is 16.6 Å². The number of halogens is 4. The van der Waals surface area contributed by atoms with E-state index in [-0.39, 0.29) is 17.1 Å². The van der Waals surface area contributed by atoms with Crippen LogP contribution in [-0.4, -0.2) is 26.3 Å². The highest BCUT2D eigenvalue weighted by Crippen LogP contribution is 2.41. The molecule has 0 saturated heterocycles. The van der Waals surface area contributed by atoms with Gasteiger partial charge in [0.25, 0.3) is 10.0 Å². The van der Waals surface area contributed by atoms with Crippen molar-refractivity contribution in [2.45, 2.75) is 48.2 Å². The maximum absolute atomic E-state index is 13.3. The fraction of sp³-hybridized carbons (Fsp3) is 0.400. The largest absolute Gasteiger partial charge is 0.416 e. The SMILES string of the molecule is CC(C)(N)CCc1ccc2c(c1)N(S(=O)(=O)c1cc(C(F)(F)F)ccc1Cl)CCS2. The molecule has 0 saturated carbocycles. The van der Waals surface area contributed by atoms with E-state index in [1.807, 2.05) is 26.0 Å². The molecule has 0 radical (unpaired) electrons. The molecule has 1 heterocycles. The number of nitrogens with zero attached hydrogens (tertiary/aromatic N) is 1. The summed E-state index contributed by atoms with van der Waals surface area (Å²) in [6.07, 6.45) is -3.32. The van der Waals surface area contributed by atoms with Gasteiger partial charge in [-0.25, -0.2) is 8.42 Å². The van der Waals surface area contributed by atoms with Crippen molar-refractivity contribution >= 4 is 39.1 Å². The topological polar surface area (TPSA) is 63.4 Å². The predicted molar refractivity (Wildman–Crippen MR) is 115 cm³/mol. The number of hydrogen-bond acceptors (Lipinski definition) is 4. The molecule has 0 aliphatic carbocycles. The van der Waals surface area contributed by atoms with Crippen LogP contribution in [0.2, 0.25) is 5.02 Å². The minimum Gasteiger partial charge on any atom is -0.326 e. The van der Waals surface area contributed by atoms with Gasteiger partial charge in [-0.1, -0.05) is 17.7 Å². The fourth-order valence-electron chi connectivity index (χ4n) is 3.11. The molecule has 1 aliphatic rings. The summed E-state index contributed by atoms with van der Waals surface area (Å²) in [6, 6.07) is 7.87. The van der Waals surface area contributed by atoms with Crippen LogP contribution in [-0.2, 0) is 22.6 Å². The molecule has 0 spiro atoms. The maximum Gasteiger partial charge on any atom is 0.416 e. The van der Waals surface area contributed by atoms with Gasteiger partial charge in [0.1, 0.15) is 4.90 Å². The molecule has 4 nitrogen and oxygen atoms in total. The molecule has 0 aromatic heterocycles. The number of nitrogens with two attached hydrogens (primary N) is 1. The number of fused-ring (bicyclic) bond motifs is 1. The third kappa shape index (κ3) is 5.07. The molecule has 2 N–H and O–H groups in total. The molecule has 0 atom stereocenters. The number of sulfonamides is 1. The van der Waals surface area contributed by atoms with Gasteiger partial charge >= 0.3 is 6.18 Å². The lowest BCUT2D eigenvalue weighted by molar-refractivity contribution is -0.137. The molecule has 2 aromatic carbocycles. The molecule has 10 heteroatoms. The number of benzene rings is 2. The Bertz CT molecular complexity index is 1050. The van der Waals surface area contributed by atoms with E-state index < -0.39 is 26.7 Å². The van der Waals surface area contributed by atoms with Gasteiger partial charge in [-0.2, -0.15) is 13.2 Å². The molecule has 0 bridgehead atoms. The van der Waals surface area contributed by atoms with E-state index in [0.29, 0.717) is 30.3 Å². The molecule has 0 fully saturated rings. The van der Waals surface area contributed by atoms with Gasteiger partial charge in [-0.15, -0.1) is 11.8 Å². The van der Waals surface area contributed by atoms with Crippen LogP contribution in [0.15, 0.2) is 46.2 Å². The van der Waals surface area contributed by atoms with E-state index in [1.165, 1.54) is 11.8 Å². The molecular weight excluding hydrogens is 457 g/mol. The number of thioether (sulfide) groups is 1. The zero-order valence-electron chi connectivity index (χ0n) is 16.5. The van der Waals surface area contributed by atoms with E-state index >= 15 is 0 Å². The normalized spacial score (nSPS) is 15.2. The zero-order valence-corrected chi connectivity index (χ0v) is 18.9. The van der Waals surface area contributed by atoms with Crippen molar-refractivity contribution in [2.24, 2.45) is 5.73 Å². The summed E-state index contributed by atoms with van der Waals surface area (Å²) in [5, 5.41) is -0.246. The van der Waals surface area contributed by atoms with Crippen molar-refractivity contribution in [1.82, 2.24) is 0 Å². The lowest BCUT2D eigenvalue weighted by Crippen LogP contribution is -2.36. The lowest BCUT2D eigenvalue weighted by Gasteiger charge is -2.31. The maximum atomic E-state index is 13.3. The van der Waals surface area contributed by atoms with Crippen molar-refractivity contribution in [1.29, 1.82) is 0 Å². The fourth-order valence-corrected chi connectivity index (χ4v) is 6.23. The number of alkyl halides is 3. The minimum absolute atomic E-state index is 0.137. The molecule has 0 amide bonds. The smallest absolute Gasteiger partial charge is 0.326 e. The zero-order chi connectivity index (χ0) is 22.3. The molecule has 2 aromatic rings. The second-order valence-electron chi connectivity index (χ2n) is 7.86. The minimum atomic E-state index is -4.67. The third-order valence-electron chi connectivity index (χ3n) is 4.73. The van der Waals surface area contributed by atoms with E-state index in [9.17, 15) is 21.6 Å². The first-order valence-electron chi connectivity index (χ1n) is 9.23. The predicted octanol–water partition coefficient (Wildman–Crippen LogP) is 5.33. The number of anilines is 1. The molecule has 164 valence electrons. The second kappa shape index (κ2) is 8.26. The highest BCUT2D eigenvalue weighted by atomic mass is 35.5. The Morgan fingerprint density at radius 1 is 1.17 bits per heavy atom. The van der Waals surface area contributed by atoms with Crippen LogP contribution in [0.5, 0.6) is 0 Å². The van der Waals surface area contributed by atoms with Crippen LogP contribution in [0, 0.1) is 0 Å². The number of rotatable bonds is 5. The van der Waals surface area contributed by atoms with Crippen molar-refractivity contribution in [3.8, 4) is 0 Å². The van der Waals surface area contributed by atoms with Crippen molar-refractivity contribution < 1.29 is 21.6 Å².